The van der Waals surface area contributed by atoms with E-state index in [2.05, 4.69) is 14.9 Å². The van der Waals surface area contributed by atoms with Gasteiger partial charge in [0.05, 0.1) is 23.0 Å². The largest absolute Gasteiger partial charge is 0.467 e. The van der Waals surface area contributed by atoms with Gasteiger partial charge in [-0.3, -0.25) is 0 Å². The summed E-state index contributed by atoms with van der Waals surface area (Å²) >= 11 is 1.66. The van der Waals surface area contributed by atoms with Crippen LogP contribution in [0.5, 0.6) is 0 Å². The van der Waals surface area contributed by atoms with Gasteiger partial charge in [-0.15, -0.1) is 11.3 Å². The van der Waals surface area contributed by atoms with Crippen LogP contribution in [0, 0.1) is 0 Å². The molecular formula is C12H11N3OS. The Morgan fingerprint density at radius 2 is 2.29 bits per heavy atom. The van der Waals surface area contributed by atoms with Crippen LogP contribution >= 0.6 is 11.3 Å². The molecule has 3 heterocycles. The summed E-state index contributed by atoms with van der Waals surface area (Å²) in [5, 5.41) is 2.03. The van der Waals surface area contributed by atoms with Gasteiger partial charge in [-0.2, -0.15) is 0 Å². The van der Waals surface area contributed by atoms with Crippen LogP contribution in [0.2, 0.25) is 0 Å². The first kappa shape index (κ1) is 10.3. The summed E-state index contributed by atoms with van der Waals surface area (Å²) in [5.41, 5.74) is 0.992. The maximum atomic E-state index is 5.34. The molecule has 17 heavy (non-hydrogen) atoms. The monoisotopic (exact) mass is 245 g/mol. The third kappa shape index (κ3) is 1.89. The van der Waals surface area contributed by atoms with Gasteiger partial charge in [0.25, 0.3) is 0 Å². The number of thiophene rings is 1. The highest BCUT2D eigenvalue weighted by Crippen LogP contribution is 2.27. The van der Waals surface area contributed by atoms with E-state index in [9.17, 15) is 0 Å². The second-order valence-corrected chi connectivity index (χ2v) is 4.68. The lowest BCUT2D eigenvalue weighted by molar-refractivity contribution is 0.507. The second kappa shape index (κ2) is 4.18. The average molecular weight is 245 g/mol. The summed E-state index contributed by atoms with van der Waals surface area (Å²) in [7, 11) is 2.00. The molecule has 0 saturated carbocycles. The highest BCUT2D eigenvalue weighted by molar-refractivity contribution is 7.17. The molecule has 3 aromatic rings. The fraction of sp³-hybridized carbons (Fsp3) is 0.167. The Labute approximate surface area is 103 Å². The first-order chi connectivity index (χ1) is 8.34. The molecule has 0 spiro atoms. The number of hydrogen-bond acceptors (Lipinski definition) is 5. The Balaban J connectivity index is 1.95. The Morgan fingerprint density at radius 3 is 3.12 bits per heavy atom. The van der Waals surface area contributed by atoms with E-state index in [1.165, 1.54) is 0 Å². The Hall–Kier alpha value is -1.88. The maximum Gasteiger partial charge on any atom is 0.150 e. The van der Waals surface area contributed by atoms with Crippen LogP contribution in [0.25, 0.3) is 10.2 Å². The van der Waals surface area contributed by atoms with E-state index in [4.69, 9.17) is 4.42 Å². The lowest BCUT2D eigenvalue weighted by atomic mass is 10.4. The summed E-state index contributed by atoms with van der Waals surface area (Å²) in [6.07, 6.45) is 3.28. The van der Waals surface area contributed by atoms with Crippen molar-refractivity contribution in [3.8, 4) is 0 Å². The molecule has 0 atom stereocenters. The van der Waals surface area contributed by atoms with Crippen molar-refractivity contribution in [3.63, 3.8) is 0 Å². The second-order valence-electron chi connectivity index (χ2n) is 3.77. The number of aromatic nitrogens is 2. The molecule has 3 aromatic heterocycles. The third-order valence-corrected chi connectivity index (χ3v) is 3.46. The van der Waals surface area contributed by atoms with Crippen molar-refractivity contribution >= 4 is 27.4 Å². The molecule has 0 radical (unpaired) electrons. The minimum Gasteiger partial charge on any atom is -0.467 e. The van der Waals surface area contributed by atoms with Crippen molar-refractivity contribution < 1.29 is 4.42 Å². The van der Waals surface area contributed by atoms with Crippen LogP contribution in [0.3, 0.4) is 0 Å². The molecule has 86 valence electrons. The summed E-state index contributed by atoms with van der Waals surface area (Å²) in [4.78, 5) is 10.6. The lowest BCUT2D eigenvalue weighted by Crippen LogP contribution is -2.17. The maximum absolute atomic E-state index is 5.34. The van der Waals surface area contributed by atoms with E-state index >= 15 is 0 Å². The molecule has 0 aliphatic carbocycles. The summed E-state index contributed by atoms with van der Waals surface area (Å²) < 4.78 is 6.45. The molecule has 0 unspecified atom stereocenters. The van der Waals surface area contributed by atoms with Crippen molar-refractivity contribution in [1.29, 1.82) is 0 Å². The van der Waals surface area contributed by atoms with Gasteiger partial charge in [-0.05, 0) is 23.6 Å². The van der Waals surface area contributed by atoms with Gasteiger partial charge in [-0.1, -0.05) is 0 Å². The number of hydrogen-bond donors (Lipinski definition) is 0. The van der Waals surface area contributed by atoms with Gasteiger partial charge in [0, 0.05) is 7.05 Å². The van der Waals surface area contributed by atoms with E-state index in [-0.39, 0.29) is 0 Å². The number of furan rings is 1. The molecule has 3 rings (SSSR count). The quantitative estimate of drug-likeness (QED) is 0.711. The third-order valence-electron chi connectivity index (χ3n) is 2.56. The van der Waals surface area contributed by atoms with Gasteiger partial charge in [-0.25, -0.2) is 9.97 Å². The van der Waals surface area contributed by atoms with Crippen molar-refractivity contribution in [2.24, 2.45) is 0 Å². The Kier molecular flexibility index (Phi) is 2.53. The standard InChI is InChI=1S/C12H11N3OS/c1-15(7-9-3-2-5-16-9)12-11-10(4-6-17-11)13-8-14-12/h2-6,8H,7H2,1H3. The SMILES string of the molecule is CN(Cc1ccco1)c1ncnc2ccsc12. The molecule has 0 bridgehead atoms. The van der Waals surface area contributed by atoms with Crippen LogP contribution in [-0.4, -0.2) is 17.0 Å². The van der Waals surface area contributed by atoms with Gasteiger partial charge in [0.2, 0.25) is 0 Å². The molecule has 0 N–H and O–H groups in total. The highest BCUT2D eigenvalue weighted by Gasteiger charge is 2.10. The number of rotatable bonds is 3. The average Bonchev–Trinajstić information content (AvgIpc) is 2.97. The van der Waals surface area contributed by atoms with Gasteiger partial charge in [0.1, 0.15) is 17.9 Å². The van der Waals surface area contributed by atoms with Gasteiger partial charge in [0.15, 0.2) is 0 Å². The van der Waals surface area contributed by atoms with E-state index in [1.807, 2.05) is 30.6 Å². The molecule has 0 aliphatic heterocycles. The smallest absolute Gasteiger partial charge is 0.150 e. The topological polar surface area (TPSA) is 42.2 Å². The lowest BCUT2D eigenvalue weighted by Gasteiger charge is -2.16. The van der Waals surface area contributed by atoms with E-state index in [0.717, 1.165) is 21.8 Å². The van der Waals surface area contributed by atoms with E-state index < -0.39 is 0 Å². The molecule has 5 heteroatoms. The summed E-state index contributed by atoms with van der Waals surface area (Å²) in [6.45, 7) is 0.705. The van der Waals surface area contributed by atoms with Crippen molar-refractivity contribution in [2.75, 3.05) is 11.9 Å². The molecule has 0 aromatic carbocycles. The van der Waals surface area contributed by atoms with E-state index in [0.29, 0.717) is 6.54 Å². The Morgan fingerprint density at radius 1 is 1.35 bits per heavy atom. The van der Waals surface area contributed by atoms with Gasteiger partial charge < -0.3 is 9.32 Å². The first-order valence-electron chi connectivity index (χ1n) is 5.26. The van der Waals surface area contributed by atoms with Gasteiger partial charge >= 0.3 is 0 Å². The zero-order valence-corrected chi connectivity index (χ0v) is 10.1. The molecule has 0 aliphatic rings. The summed E-state index contributed by atoms with van der Waals surface area (Å²) in [6, 6.07) is 5.86. The number of nitrogens with zero attached hydrogens (tertiary/aromatic N) is 3. The zero-order chi connectivity index (χ0) is 11.7. The predicted octanol–water partition coefficient (Wildman–Crippen LogP) is 2.92. The number of fused-ring (bicyclic) bond motifs is 1. The minimum absolute atomic E-state index is 0.705. The van der Waals surface area contributed by atoms with Crippen LogP contribution < -0.4 is 4.90 Å². The number of anilines is 1. The van der Waals surface area contributed by atoms with Crippen molar-refractivity contribution in [1.82, 2.24) is 9.97 Å². The fourth-order valence-electron chi connectivity index (χ4n) is 1.76. The minimum atomic E-state index is 0.705. The molecule has 0 amide bonds. The normalized spacial score (nSPS) is 10.9. The summed E-state index contributed by atoms with van der Waals surface area (Å²) in [5.74, 6) is 1.87. The van der Waals surface area contributed by atoms with Crippen molar-refractivity contribution in [2.45, 2.75) is 6.54 Å². The van der Waals surface area contributed by atoms with Crippen molar-refractivity contribution in [3.05, 3.63) is 41.9 Å². The van der Waals surface area contributed by atoms with Crippen LogP contribution in [0.1, 0.15) is 5.76 Å². The van der Waals surface area contributed by atoms with Crippen LogP contribution in [0.4, 0.5) is 5.82 Å². The van der Waals surface area contributed by atoms with Crippen LogP contribution in [0.15, 0.2) is 40.6 Å². The van der Waals surface area contributed by atoms with E-state index in [1.54, 1.807) is 23.9 Å². The Bertz CT molecular complexity index is 618. The fourth-order valence-corrected chi connectivity index (χ4v) is 2.65. The molecule has 0 saturated heterocycles. The molecular weight excluding hydrogens is 234 g/mol. The molecule has 0 fully saturated rings. The first-order valence-corrected chi connectivity index (χ1v) is 6.14. The predicted molar refractivity (Wildman–Crippen MR) is 68.2 cm³/mol. The van der Waals surface area contributed by atoms with Crippen LogP contribution in [-0.2, 0) is 6.54 Å². The molecule has 4 nitrogen and oxygen atoms in total. The highest BCUT2D eigenvalue weighted by atomic mass is 32.1. The zero-order valence-electron chi connectivity index (χ0n) is 9.33.